The molecule has 1 aliphatic rings. The molecule has 0 aliphatic heterocycles. The largest absolute Gasteiger partial charge is 0.391 e. The van der Waals surface area contributed by atoms with Crippen molar-refractivity contribution in [3.63, 3.8) is 0 Å². The summed E-state index contributed by atoms with van der Waals surface area (Å²) in [5, 5.41) is 9.74. The minimum Gasteiger partial charge on any atom is -0.391 e. The fourth-order valence-corrected chi connectivity index (χ4v) is 3.43. The summed E-state index contributed by atoms with van der Waals surface area (Å²) < 4.78 is 39.2. The predicted octanol–water partition coefficient (Wildman–Crippen LogP) is 1.41. The van der Waals surface area contributed by atoms with E-state index >= 15 is 0 Å². The minimum atomic E-state index is -3.69. The van der Waals surface area contributed by atoms with E-state index in [1.54, 1.807) is 0 Å². The highest BCUT2D eigenvalue weighted by molar-refractivity contribution is 7.89. The van der Waals surface area contributed by atoms with Crippen LogP contribution in [0.5, 0.6) is 0 Å². The van der Waals surface area contributed by atoms with Crippen molar-refractivity contribution in [1.82, 2.24) is 4.72 Å². The van der Waals surface area contributed by atoms with Crippen LogP contribution in [0, 0.1) is 5.82 Å². The molecule has 100 valence electrons. The average Bonchev–Trinajstić information content (AvgIpc) is 2.32. The Hall–Kier alpha value is -0.980. The van der Waals surface area contributed by atoms with Crippen molar-refractivity contribution in [2.75, 3.05) is 0 Å². The maximum absolute atomic E-state index is 12.7. The van der Waals surface area contributed by atoms with Gasteiger partial charge in [-0.15, -0.1) is 0 Å². The van der Waals surface area contributed by atoms with Crippen molar-refractivity contribution in [1.29, 1.82) is 0 Å². The maximum Gasteiger partial charge on any atom is 0.240 e. The van der Waals surface area contributed by atoms with Crippen LogP contribution in [0.25, 0.3) is 0 Å². The number of rotatable bonds is 3. The molecule has 0 unspecified atom stereocenters. The zero-order chi connectivity index (χ0) is 13.2. The summed E-state index contributed by atoms with van der Waals surface area (Å²) in [6, 6.07) is 4.19. The Kier molecular flexibility index (Phi) is 3.99. The molecular formula is C12H16FNO3S. The van der Waals surface area contributed by atoms with Gasteiger partial charge < -0.3 is 5.11 Å². The molecule has 1 aromatic carbocycles. The van der Waals surface area contributed by atoms with Crippen LogP contribution in [0.4, 0.5) is 4.39 Å². The van der Waals surface area contributed by atoms with Gasteiger partial charge in [-0.3, -0.25) is 0 Å². The number of benzene rings is 1. The number of hydrogen-bond acceptors (Lipinski definition) is 3. The monoisotopic (exact) mass is 273 g/mol. The van der Waals surface area contributed by atoms with Gasteiger partial charge in [0.05, 0.1) is 11.0 Å². The standard InChI is InChI=1S/C12H16FNO3S/c13-9-5-7-10(8-6-9)18(16,17)14-11-3-1-2-4-12(11)15/h5-8,11-12,14-15H,1-4H2/t11-,12-/m1/s1. The van der Waals surface area contributed by atoms with Gasteiger partial charge in [0.2, 0.25) is 10.0 Å². The quantitative estimate of drug-likeness (QED) is 0.875. The van der Waals surface area contributed by atoms with Gasteiger partial charge in [-0.1, -0.05) is 12.8 Å². The fourth-order valence-electron chi connectivity index (χ4n) is 2.13. The summed E-state index contributed by atoms with van der Waals surface area (Å²) in [4.78, 5) is 0.0154. The third kappa shape index (κ3) is 3.07. The number of hydrogen-bond donors (Lipinski definition) is 2. The van der Waals surface area contributed by atoms with Crippen molar-refractivity contribution in [2.24, 2.45) is 0 Å². The van der Waals surface area contributed by atoms with Crippen molar-refractivity contribution in [2.45, 2.75) is 42.7 Å². The summed E-state index contributed by atoms with van der Waals surface area (Å²) in [5.41, 5.74) is 0. The fraction of sp³-hybridized carbons (Fsp3) is 0.500. The van der Waals surface area contributed by atoms with Crippen LogP contribution >= 0.6 is 0 Å². The molecule has 0 amide bonds. The second kappa shape index (κ2) is 5.34. The highest BCUT2D eigenvalue weighted by Crippen LogP contribution is 2.20. The molecule has 0 bridgehead atoms. The molecule has 1 aliphatic carbocycles. The molecule has 1 saturated carbocycles. The molecule has 2 N–H and O–H groups in total. The van der Waals surface area contributed by atoms with Gasteiger partial charge in [-0.2, -0.15) is 0 Å². The van der Waals surface area contributed by atoms with Crippen LogP contribution in [-0.4, -0.2) is 25.7 Å². The van der Waals surface area contributed by atoms with E-state index in [0.29, 0.717) is 12.8 Å². The Labute approximate surface area is 106 Å². The second-order valence-corrected chi connectivity index (χ2v) is 6.25. The molecule has 2 atom stereocenters. The van der Waals surface area contributed by atoms with Gasteiger partial charge in [0, 0.05) is 6.04 Å². The number of halogens is 1. The van der Waals surface area contributed by atoms with Gasteiger partial charge in [0.1, 0.15) is 5.82 Å². The van der Waals surface area contributed by atoms with E-state index in [2.05, 4.69) is 4.72 Å². The summed E-state index contributed by atoms with van der Waals surface area (Å²) in [6.45, 7) is 0. The van der Waals surface area contributed by atoms with E-state index in [1.165, 1.54) is 12.1 Å². The molecule has 6 heteroatoms. The molecule has 0 heterocycles. The minimum absolute atomic E-state index is 0.0154. The zero-order valence-electron chi connectivity index (χ0n) is 9.84. The molecule has 0 saturated heterocycles. The Balaban J connectivity index is 2.13. The van der Waals surface area contributed by atoms with Crippen molar-refractivity contribution < 1.29 is 17.9 Å². The lowest BCUT2D eigenvalue weighted by Crippen LogP contribution is -2.44. The summed E-state index contributed by atoms with van der Waals surface area (Å²) in [7, 11) is -3.69. The van der Waals surface area contributed by atoms with Crippen LogP contribution < -0.4 is 4.72 Å². The third-order valence-corrected chi connectivity index (χ3v) is 4.67. The van der Waals surface area contributed by atoms with Gasteiger partial charge >= 0.3 is 0 Å². The van der Waals surface area contributed by atoms with Crippen LogP contribution in [0.15, 0.2) is 29.2 Å². The Morgan fingerprint density at radius 2 is 1.78 bits per heavy atom. The van der Waals surface area contributed by atoms with Crippen LogP contribution in [0.3, 0.4) is 0 Å². The Morgan fingerprint density at radius 1 is 1.17 bits per heavy atom. The van der Waals surface area contributed by atoms with Gasteiger partial charge in [-0.25, -0.2) is 17.5 Å². The molecule has 2 rings (SSSR count). The molecule has 0 spiro atoms. The second-order valence-electron chi connectivity index (χ2n) is 4.53. The van der Waals surface area contributed by atoms with Crippen LogP contribution in [-0.2, 0) is 10.0 Å². The number of aliphatic hydroxyl groups excluding tert-OH is 1. The van der Waals surface area contributed by atoms with Gasteiger partial charge in [0.25, 0.3) is 0 Å². The van der Waals surface area contributed by atoms with Gasteiger partial charge in [-0.05, 0) is 37.1 Å². The normalized spacial score (nSPS) is 25.0. The topological polar surface area (TPSA) is 66.4 Å². The molecule has 18 heavy (non-hydrogen) atoms. The number of sulfonamides is 1. The SMILES string of the molecule is O=S(=O)(N[C@@H]1CCCC[C@H]1O)c1ccc(F)cc1. The summed E-state index contributed by atoms with van der Waals surface area (Å²) in [5.74, 6) is -0.480. The third-order valence-electron chi connectivity index (χ3n) is 3.16. The number of aliphatic hydroxyl groups is 1. The lowest BCUT2D eigenvalue weighted by molar-refractivity contribution is 0.101. The zero-order valence-corrected chi connectivity index (χ0v) is 10.7. The Morgan fingerprint density at radius 3 is 2.39 bits per heavy atom. The van der Waals surface area contributed by atoms with E-state index in [-0.39, 0.29) is 4.90 Å². The van der Waals surface area contributed by atoms with Crippen molar-refractivity contribution in [3.05, 3.63) is 30.1 Å². The van der Waals surface area contributed by atoms with Gasteiger partial charge in [0.15, 0.2) is 0 Å². The Bertz CT molecular complexity index is 501. The maximum atomic E-state index is 12.7. The van der Waals surface area contributed by atoms with E-state index < -0.39 is 28.0 Å². The molecule has 0 aromatic heterocycles. The lowest BCUT2D eigenvalue weighted by Gasteiger charge is -2.28. The van der Waals surface area contributed by atoms with E-state index in [9.17, 15) is 17.9 Å². The van der Waals surface area contributed by atoms with Crippen LogP contribution in [0.2, 0.25) is 0 Å². The number of nitrogens with one attached hydrogen (secondary N) is 1. The first kappa shape index (κ1) is 13.5. The molecule has 4 nitrogen and oxygen atoms in total. The van der Waals surface area contributed by atoms with E-state index in [0.717, 1.165) is 25.0 Å². The highest BCUT2D eigenvalue weighted by Gasteiger charge is 2.27. The smallest absolute Gasteiger partial charge is 0.240 e. The lowest BCUT2D eigenvalue weighted by atomic mass is 9.93. The average molecular weight is 273 g/mol. The summed E-state index contributed by atoms with van der Waals surface area (Å²) >= 11 is 0. The first-order chi connectivity index (χ1) is 8.49. The molecule has 1 fully saturated rings. The predicted molar refractivity (Wildman–Crippen MR) is 65.0 cm³/mol. The molecular weight excluding hydrogens is 257 g/mol. The molecule has 0 radical (unpaired) electrons. The molecule has 1 aromatic rings. The van der Waals surface area contributed by atoms with Crippen molar-refractivity contribution in [3.8, 4) is 0 Å². The first-order valence-corrected chi connectivity index (χ1v) is 7.43. The van der Waals surface area contributed by atoms with Crippen molar-refractivity contribution >= 4 is 10.0 Å². The van der Waals surface area contributed by atoms with E-state index in [1.807, 2.05) is 0 Å². The van der Waals surface area contributed by atoms with E-state index in [4.69, 9.17) is 0 Å². The highest BCUT2D eigenvalue weighted by atomic mass is 32.2. The summed E-state index contributed by atoms with van der Waals surface area (Å²) in [6.07, 6.45) is 2.40. The first-order valence-electron chi connectivity index (χ1n) is 5.95. The van der Waals surface area contributed by atoms with Crippen LogP contribution in [0.1, 0.15) is 25.7 Å².